The Kier molecular flexibility index (Phi) is 3.96. The highest BCUT2D eigenvalue weighted by atomic mass is 16.7. The van der Waals surface area contributed by atoms with E-state index < -0.39 is 23.7 Å². The lowest BCUT2D eigenvalue weighted by Crippen LogP contribution is -2.32. The van der Waals surface area contributed by atoms with Gasteiger partial charge in [0.25, 0.3) is 17.7 Å². The molecule has 3 amide bonds. The van der Waals surface area contributed by atoms with Crippen molar-refractivity contribution in [2.75, 3.05) is 0 Å². The Balaban J connectivity index is 1.64. The van der Waals surface area contributed by atoms with Crippen molar-refractivity contribution in [3.8, 4) is 5.69 Å². The lowest BCUT2D eigenvalue weighted by Gasteiger charge is -2.11. The maximum absolute atomic E-state index is 12.5. The summed E-state index contributed by atoms with van der Waals surface area (Å²) in [5, 5.41) is 4.41. The Bertz CT molecular complexity index is 1100. The van der Waals surface area contributed by atoms with E-state index in [0.717, 1.165) is 6.07 Å². The molecule has 0 radical (unpaired) electrons. The van der Waals surface area contributed by atoms with Gasteiger partial charge in [0.15, 0.2) is 5.69 Å². The van der Waals surface area contributed by atoms with Crippen LogP contribution in [-0.4, -0.2) is 38.5 Å². The Morgan fingerprint density at radius 2 is 1.46 bits per heavy atom. The molecule has 0 saturated heterocycles. The molecule has 1 aliphatic heterocycles. The van der Waals surface area contributed by atoms with Gasteiger partial charge in [-0.05, 0) is 24.3 Å². The van der Waals surface area contributed by atoms with Crippen LogP contribution in [0.4, 0.5) is 0 Å². The van der Waals surface area contributed by atoms with Crippen molar-refractivity contribution < 1.29 is 24.0 Å². The molecule has 1 aromatic heterocycles. The zero-order valence-electron chi connectivity index (χ0n) is 14.2. The van der Waals surface area contributed by atoms with Crippen molar-refractivity contribution in [1.82, 2.24) is 14.8 Å². The van der Waals surface area contributed by atoms with E-state index in [-0.39, 0.29) is 22.5 Å². The summed E-state index contributed by atoms with van der Waals surface area (Å²) in [6.45, 7) is 0. The van der Waals surface area contributed by atoms with Gasteiger partial charge in [-0.3, -0.25) is 14.4 Å². The molecule has 0 bridgehead atoms. The van der Waals surface area contributed by atoms with Crippen LogP contribution in [-0.2, 0) is 4.84 Å². The van der Waals surface area contributed by atoms with Crippen molar-refractivity contribution in [3.63, 3.8) is 0 Å². The van der Waals surface area contributed by atoms with Gasteiger partial charge < -0.3 is 10.6 Å². The molecule has 28 heavy (non-hydrogen) atoms. The summed E-state index contributed by atoms with van der Waals surface area (Å²) in [6.07, 6.45) is 0. The summed E-state index contributed by atoms with van der Waals surface area (Å²) in [5.41, 5.74) is 5.78. The molecule has 2 N–H and O–H groups in total. The fourth-order valence-corrected chi connectivity index (χ4v) is 2.80. The number of rotatable bonds is 4. The number of fused-ring (bicyclic) bond motifs is 1. The smallest absolute Gasteiger partial charge is 0.364 e. The summed E-state index contributed by atoms with van der Waals surface area (Å²) in [5.74, 6) is -3.40. The first-order chi connectivity index (χ1) is 13.5. The summed E-state index contributed by atoms with van der Waals surface area (Å²) in [6, 6.07) is 15.8. The highest BCUT2D eigenvalue weighted by Crippen LogP contribution is 2.23. The van der Waals surface area contributed by atoms with Gasteiger partial charge in [0, 0.05) is 6.07 Å². The molecular formula is C19H12N4O5. The zero-order valence-corrected chi connectivity index (χ0v) is 14.2. The molecule has 4 rings (SSSR count). The Hall–Kier alpha value is -4.27. The minimum absolute atomic E-state index is 0.0551. The quantitative estimate of drug-likeness (QED) is 0.685. The van der Waals surface area contributed by atoms with Crippen LogP contribution in [0.25, 0.3) is 5.69 Å². The monoisotopic (exact) mass is 376 g/mol. The predicted molar refractivity (Wildman–Crippen MR) is 94.4 cm³/mol. The van der Waals surface area contributed by atoms with Crippen molar-refractivity contribution >= 4 is 23.7 Å². The summed E-state index contributed by atoms with van der Waals surface area (Å²) in [7, 11) is 0. The van der Waals surface area contributed by atoms with Crippen molar-refractivity contribution in [1.29, 1.82) is 0 Å². The normalized spacial score (nSPS) is 12.8. The first-order valence-corrected chi connectivity index (χ1v) is 8.13. The number of hydroxylamine groups is 2. The number of aromatic nitrogens is 2. The molecule has 2 aromatic carbocycles. The number of para-hydroxylation sites is 1. The van der Waals surface area contributed by atoms with Crippen LogP contribution >= 0.6 is 0 Å². The number of primary amides is 1. The molecule has 0 saturated carbocycles. The molecule has 0 atom stereocenters. The van der Waals surface area contributed by atoms with E-state index in [2.05, 4.69) is 5.10 Å². The van der Waals surface area contributed by atoms with E-state index in [1.165, 1.54) is 16.8 Å². The fourth-order valence-electron chi connectivity index (χ4n) is 2.80. The van der Waals surface area contributed by atoms with Crippen LogP contribution in [0.2, 0.25) is 0 Å². The molecule has 138 valence electrons. The SMILES string of the molecule is NC(=O)c1cc(C(=O)ON2C(=O)c3ccccc3C2=O)nn1-c1ccccc1. The number of nitrogens with two attached hydrogens (primary N) is 1. The van der Waals surface area contributed by atoms with Gasteiger partial charge in [-0.2, -0.15) is 5.10 Å². The second-order valence-corrected chi connectivity index (χ2v) is 5.86. The van der Waals surface area contributed by atoms with Crippen LogP contribution in [0.3, 0.4) is 0 Å². The Labute approximate surface area is 157 Å². The molecule has 0 unspecified atom stereocenters. The third kappa shape index (κ3) is 2.71. The van der Waals surface area contributed by atoms with Crippen molar-refractivity contribution in [2.45, 2.75) is 0 Å². The first kappa shape index (κ1) is 17.2. The Morgan fingerprint density at radius 3 is 2.04 bits per heavy atom. The summed E-state index contributed by atoms with van der Waals surface area (Å²) in [4.78, 5) is 53.7. The van der Waals surface area contributed by atoms with E-state index in [4.69, 9.17) is 10.6 Å². The molecule has 0 spiro atoms. The van der Waals surface area contributed by atoms with E-state index >= 15 is 0 Å². The van der Waals surface area contributed by atoms with Crippen LogP contribution in [0.5, 0.6) is 0 Å². The number of hydrogen-bond donors (Lipinski definition) is 1. The average Bonchev–Trinajstić information content (AvgIpc) is 3.26. The second-order valence-electron chi connectivity index (χ2n) is 5.86. The third-order valence-electron chi connectivity index (χ3n) is 4.10. The molecular weight excluding hydrogens is 364 g/mol. The maximum Gasteiger partial charge on any atom is 0.384 e. The number of carbonyl (C=O) groups is 4. The van der Waals surface area contributed by atoms with Crippen LogP contribution in [0.15, 0.2) is 60.7 Å². The number of nitrogens with zero attached hydrogens (tertiary/aromatic N) is 3. The van der Waals surface area contributed by atoms with E-state index in [1.54, 1.807) is 42.5 Å². The highest BCUT2D eigenvalue weighted by Gasteiger charge is 2.39. The maximum atomic E-state index is 12.5. The number of carbonyl (C=O) groups excluding carboxylic acids is 4. The zero-order chi connectivity index (χ0) is 19.8. The standard InChI is InChI=1S/C19H12N4O5/c20-16(24)15-10-14(21-22(15)11-6-2-1-3-7-11)19(27)28-23-17(25)12-8-4-5-9-13(12)18(23)26/h1-10H,(H2,20,24). The van der Waals surface area contributed by atoms with Crippen molar-refractivity contribution in [3.05, 3.63) is 83.2 Å². The lowest BCUT2D eigenvalue weighted by molar-refractivity contribution is -0.0588. The number of hydrogen-bond acceptors (Lipinski definition) is 6. The van der Waals surface area contributed by atoms with Crippen LogP contribution in [0.1, 0.15) is 41.7 Å². The largest absolute Gasteiger partial charge is 0.384 e. The molecule has 9 nitrogen and oxygen atoms in total. The molecule has 3 aromatic rings. The van der Waals surface area contributed by atoms with E-state index in [1.807, 2.05) is 0 Å². The predicted octanol–water partition coefficient (Wildman–Crippen LogP) is 1.34. The van der Waals surface area contributed by atoms with E-state index in [0.29, 0.717) is 10.8 Å². The van der Waals surface area contributed by atoms with Crippen LogP contribution < -0.4 is 5.73 Å². The molecule has 2 heterocycles. The first-order valence-electron chi connectivity index (χ1n) is 8.13. The Morgan fingerprint density at radius 1 is 0.893 bits per heavy atom. The minimum Gasteiger partial charge on any atom is -0.364 e. The van der Waals surface area contributed by atoms with Gasteiger partial charge in [-0.1, -0.05) is 35.4 Å². The van der Waals surface area contributed by atoms with Gasteiger partial charge in [-0.25, -0.2) is 9.48 Å². The highest BCUT2D eigenvalue weighted by molar-refractivity contribution is 6.21. The average molecular weight is 376 g/mol. The lowest BCUT2D eigenvalue weighted by atomic mass is 10.1. The second kappa shape index (κ2) is 6.47. The van der Waals surface area contributed by atoms with Gasteiger partial charge in [0.1, 0.15) is 5.69 Å². The van der Waals surface area contributed by atoms with Gasteiger partial charge in [-0.15, -0.1) is 0 Å². The van der Waals surface area contributed by atoms with Gasteiger partial charge in [0.05, 0.1) is 16.8 Å². The van der Waals surface area contributed by atoms with E-state index in [9.17, 15) is 19.2 Å². The molecule has 9 heteroatoms. The third-order valence-corrected chi connectivity index (χ3v) is 4.10. The summed E-state index contributed by atoms with van der Waals surface area (Å²) < 4.78 is 1.18. The molecule has 1 aliphatic rings. The van der Waals surface area contributed by atoms with Crippen molar-refractivity contribution in [2.24, 2.45) is 5.73 Å². The molecule has 0 aliphatic carbocycles. The number of benzene rings is 2. The minimum atomic E-state index is -1.08. The topological polar surface area (TPSA) is 125 Å². The van der Waals surface area contributed by atoms with Crippen LogP contribution in [0, 0.1) is 0 Å². The number of imide groups is 1. The molecule has 0 fully saturated rings. The number of amides is 3. The fraction of sp³-hybridized carbons (Fsp3) is 0. The van der Waals surface area contributed by atoms with Gasteiger partial charge >= 0.3 is 5.97 Å². The van der Waals surface area contributed by atoms with Gasteiger partial charge in [0.2, 0.25) is 0 Å². The summed E-state index contributed by atoms with van der Waals surface area (Å²) >= 11 is 0.